The maximum absolute atomic E-state index is 12.9. The normalized spacial score (nSPS) is 17.2. The second-order valence-electron chi connectivity index (χ2n) is 7.40. The quantitative estimate of drug-likeness (QED) is 0.655. The number of rotatable bonds is 6. The molecule has 0 aliphatic carbocycles. The SMILES string of the molecule is CCOC(=O)c1ccc(NC(=O)[C@@H]2CCCN(S(=O)(=O)c3ccc(Cl)cc3)C2)c(C)c1. The van der Waals surface area contributed by atoms with E-state index in [2.05, 4.69) is 5.32 Å². The third kappa shape index (κ3) is 5.44. The molecule has 0 aromatic heterocycles. The molecule has 1 amide bonds. The van der Waals surface area contributed by atoms with Gasteiger partial charge in [0, 0.05) is 23.8 Å². The molecular formula is C22H25ClN2O5S. The number of nitrogens with one attached hydrogen (secondary N) is 1. The molecule has 1 heterocycles. The third-order valence-electron chi connectivity index (χ3n) is 5.20. The van der Waals surface area contributed by atoms with Crippen molar-refractivity contribution >= 4 is 39.2 Å². The Morgan fingerprint density at radius 3 is 2.55 bits per heavy atom. The highest BCUT2D eigenvalue weighted by Crippen LogP contribution is 2.26. The molecule has 166 valence electrons. The monoisotopic (exact) mass is 464 g/mol. The Labute approximate surface area is 187 Å². The van der Waals surface area contributed by atoms with E-state index in [4.69, 9.17) is 16.3 Å². The Morgan fingerprint density at radius 1 is 1.19 bits per heavy atom. The van der Waals surface area contributed by atoms with Crippen molar-refractivity contribution in [2.24, 2.45) is 5.92 Å². The maximum Gasteiger partial charge on any atom is 0.338 e. The summed E-state index contributed by atoms with van der Waals surface area (Å²) in [6.45, 7) is 4.28. The number of carbonyl (C=O) groups excluding carboxylic acids is 2. The summed E-state index contributed by atoms with van der Waals surface area (Å²) in [4.78, 5) is 24.9. The minimum atomic E-state index is -3.70. The molecule has 0 bridgehead atoms. The number of hydrogen-bond donors (Lipinski definition) is 1. The minimum Gasteiger partial charge on any atom is -0.462 e. The molecule has 1 aliphatic rings. The van der Waals surface area contributed by atoms with Crippen LogP contribution in [0.4, 0.5) is 5.69 Å². The zero-order valence-corrected chi connectivity index (χ0v) is 19.0. The van der Waals surface area contributed by atoms with Gasteiger partial charge in [-0.2, -0.15) is 4.31 Å². The summed E-state index contributed by atoms with van der Waals surface area (Å²) >= 11 is 5.86. The zero-order valence-electron chi connectivity index (χ0n) is 17.4. The molecule has 0 radical (unpaired) electrons. The fourth-order valence-electron chi connectivity index (χ4n) is 3.51. The Morgan fingerprint density at radius 2 is 1.90 bits per heavy atom. The van der Waals surface area contributed by atoms with Gasteiger partial charge in [0.1, 0.15) is 0 Å². The van der Waals surface area contributed by atoms with Gasteiger partial charge in [-0.15, -0.1) is 0 Å². The molecule has 9 heteroatoms. The van der Waals surface area contributed by atoms with E-state index in [1.807, 2.05) is 0 Å². The molecule has 1 aliphatic heterocycles. The van der Waals surface area contributed by atoms with Crippen molar-refractivity contribution in [2.45, 2.75) is 31.6 Å². The van der Waals surface area contributed by atoms with Crippen LogP contribution in [0.25, 0.3) is 0 Å². The van der Waals surface area contributed by atoms with Crippen LogP contribution in [-0.4, -0.2) is 44.3 Å². The Kier molecular flexibility index (Phi) is 7.35. The molecule has 31 heavy (non-hydrogen) atoms. The second kappa shape index (κ2) is 9.80. The van der Waals surface area contributed by atoms with E-state index in [0.29, 0.717) is 35.7 Å². The van der Waals surface area contributed by atoms with Gasteiger partial charge >= 0.3 is 5.97 Å². The molecule has 2 aromatic carbocycles. The number of anilines is 1. The lowest BCUT2D eigenvalue weighted by Crippen LogP contribution is -2.43. The average Bonchev–Trinajstić information content (AvgIpc) is 2.75. The van der Waals surface area contributed by atoms with Crippen molar-refractivity contribution in [2.75, 3.05) is 25.0 Å². The number of hydrogen-bond acceptors (Lipinski definition) is 5. The van der Waals surface area contributed by atoms with Crippen LogP contribution >= 0.6 is 11.6 Å². The Balaban J connectivity index is 1.70. The molecule has 0 spiro atoms. The van der Waals surface area contributed by atoms with E-state index in [-0.39, 0.29) is 24.0 Å². The highest BCUT2D eigenvalue weighted by Gasteiger charge is 2.33. The number of sulfonamides is 1. The van der Waals surface area contributed by atoms with Crippen LogP contribution in [0, 0.1) is 12.8 Å². The minimum absolute atomic E-state index is 0.108. The van der Waals surface area contributed by atoms with Gasteiger partial charge in [-0.05, 0) is 74.7 Å². The van der Waals surface area contributed by atoms with Gasteiger partial charge in [0.2, 0.25) is 15.9 Å². The number of benzene rings is 2. The summed E-state index contributed by atoms with van der Waals surface area (Å²) in [5, 5.41) is 3.32. The predicted octanol–water partition coefficient (Wildman–Crippen LogP) is 3.86. The summed E-state index contributed by atoms with van der Waals surface area (Å²) < 4.78 is 32.2. The Bertz CT molecular complexity index is 1070. The second-order valence-corrected chi connectivity index (χ2v) is 9.77. The zero-order chi connectivity index (χ0) is 22.6. The molecule has 1 N–H and O–H groups in total. The fraction of sp³-hybridized carbons (Fsp3) is 0.364. The van der Waals surface area contributed by atoms with Crippen molar-refractivity contribution in [3.8, 4) is 0 Å². The van der Waals surface area contributed by atoms with E-state index in [1.165, 1.54) is 28.6 Å². The van der Waals surface area contributed by atoms with Crippen LogP contribution in [-0.2, 0) is 19.6 Å². The van der Waals surface area contributed by atoms with Gasteiger partial charge in [0.15, 0.2) is 0 Å². The number of piperidine rings is 1. The van der Waals surface area contributed by atoms with Gasteiger partial charge in [-0.25, -0.2) is 13.2 Å². The van der Waals surface area contributed by atoms with Crippen LogP contribution in [0.2, 0.25) is 5.02 Å². The van der Waals surface area contributed by atoms with Gasteiger partial charge in [-0.1, -0.05) is 11.6 Å². The van der Waals surface area contributed by atoms with E-state index >= 15 is 0 Å². The number of esters is 1. The number of aryl methyl sites for hydroxylation is 1. The van der Waals surface area contributed by atoms with Crippen molar-refractivity contribution in [3.63, 3.8) is 0 Å². The lowest BCUT2D eigenvalue weighted by Gasteiger charge is -2.31. The Hall–Kier alpha value is -2.42. The van der Waals surface area contributed by atoms with E-state index in [1.54, 1.807) is 32.0 Å². The number of carbonyl (C=O) groups is 2. The molecule has 7 nitrogen and oxygen atoms in total. The van der Waals surface area contributed by atoms with Crippen molar-refractivity contribution in [3.05, 3.63) is 58.6 Å². The molecule has 3 rings (SSSR count). The molecule has 1 fully saturated rings. The van der Waals surface area contributed by atoms with Crippen LogP contribution in [0.3, 0.4) is 0 Å². The standard InChI is InChI=1S/C22H25ClN2O5S/c1-3-30-22(27)16-6-11-20(15(2)13-16)24-21(26)17-5-4-12-25(14-17)31(28,29)19-9-7-18(23)8-10-19/h6-11,13,17H,3-5,12,14H2,1-2H3,(H,24,26)/t17-/m1/s1. The van der Waals surface area contributed by atoms with E-state index in [0.717, 1.165) is 5.56 Å². The summed E-state index contributed by atoms with van der Waals surface area (Å²) in [5.41, 5.74) is 1.71. The lowest BCUT2D eigenvalue weighted by atomic mass is 9.98. The summed E-state index contributed by atoms with van der Waals surface area (Å²) in [6, 6.07) is 10.9. The number of amides is 1. The largest absolute Gasteiger partial charge is 0.462 e. The molecule has 1 atom stereocenters. The van der Waals surface area contributed by atoms with Crippen molar-refractivity contribution in [1.29, 1.82) is 0 Å². The molecule has 2 aromatic rings. The topological polar surface area (TPSA) is 92.8 Å². The highest BCUT2D eigenvalue weighted by atomic mass is 35.5. The summed E-state index contributed by atoms with van der Waals surface area (Å²) in [7, 11) is -3.70. The fourth-order valence-corrected chi connectivity index (χ4v) is 5.16. The first-order valence-corrected chi connectivity index (χ1v) is 11.9. The smallest absolute Gasteiger partial charge is 0.338 e. The summed E-state index contributed by atoms with van der Waals surface area (Å²) in [5.74, 6) is -1.14. The molecule has 0 unspecified atom stereocenters. The van der Waals surface area contributed by atoms with Gasteiger partial charge in [0.25, 0.3) is 0 Å². The van der Waals surface area contributed by atoms with E-state index < -0.39 is 21.9 Å². The maximum atomic E-state index is 12.9. The van der Waals surface area contributed by atoms with Crippen molar-refractivity contribution in [1.82, 2.24) is 4.31 Å². The number of ether oxygens (including phenoxy) is 1. The van der Waals surface area contributed by atoms with Crippen LogP contribution < -0.4 is 5.32 Å². The number of nitrogens with zero attached hydrogens (tertiary/aromatic N) is 1. The molecule has 1 saturated heterocycles. The summed E-state index contributed by atoms with van der Waals surface area (Å²) in [6.07, 6.45) is 1.18. The van der Waals surface area contributed by atoms with Gasteiger partial charge in [0.05, 0.1) is 23.0 Å². The first kappa shape index (κ1) is 23.2. The van der Waals surface area contributed by atoms with Crippen molar-refractivity contribution < 1.29 is 22.7 Å². The number of halogens is 1. The molecule has 0 saturated carbocycles. The van der Waals surface area contributed by atoms with Gasteiger partial charge < -0.3 is 10.1 Å². The third-order valence-corrected chi connectivity index (χ3v) is 7.33. The highest BCUT2D eigenvalue weighted by molar-refractivity contribution is 7.89. The lowest BCUT2D eigenvalue weighted by molar-refractivity contribution is -0.120. The van der Waals surface area contributed by atoms with E-state index in [9.17, 15) is 18.0 Å². The average molecular weight is 465 g/mol. The van der Waals surface area contributed by atoms with Crippen LogP contribution in [0.15, 0.2) is 47.4 Å². The first-order valence-electron chi connectivity index (χ1n) is 10.1. The van der Waals surface area contributed by atoms with Crippen LogP contribution in [0.5, 0.6) is 0 Å². The first-order chi connectivity index (χ1) is 14.7. The van der Waals surface area contributed by atoms with Crippen LogP contribution in [0.1, 0.15) is 35.7 Å². The predicted molar refractivity (Wildman–Crippen MR) is 119 cm³/mol. The van der Waals surface area contributed by atoms with Gasteiger partial charge in [-0.3, -0.25) is 4.79 Å². The molecular weight excluding hydrogens is 440 g/mol.